The number of aryl methyl sites for hydroxylation is 1. The van der Waals surface area contributed by atoms with Gasteiger partial charge in [0.2, 0.25) is 0 Å². The van der Waals surface area contributed by atoms with Gasteiger partial charge in [-0.2, -0.15) is 0 Å². The summed E-state index contributed by atoms with van der Waals surface area (Å²) in [7, 11) is 0. The van der Waals surface area contributed by atoms with E-state index < -0.39 is 11.8 Å². The summed E-state index contributed by atoms with van der Waals surface area (Å²) in [6.45, 7) is 2.92. The van der Waals surface area contributed by atoms with Crippen LogP contribution in [0.15, 0.2) is 42.5 Å². The molecule has 5 nitrogen and oxygen atoms in total. The van der Waals surface area contributed by atoms with E-state index in [1.165, 1.54) is 43.1 Å². The Morgan fingerprint density at radius 1 is 1.03 bits per heavy atom. The highest BCUT2D eigenvalue weighted by molar-refractivity contribution is 7.17. The lowest BCUT2D eigenvalue weighted by Crippen LogP contribution is -1.98. The third-order valence-electron chi connectivity index (χ3n) is 4.93. The van der Waals surface area contributed by atoms with Crippen LogP contribution in [-0.2, 0) is 11.2 Å². The van der Waals surface area contributed by atoms with E-state index in [-0.39, 0.29) is 6.42 Å². The van der Waals surface area contributed by atoms with Crippen LogP contribution in [0.1, 0.15) is 51.0 Å². The van der Waals surface area contributed by atoms with E-state index in [0.29, 0.717) is 34.2 Å². The molecule has 2 aromatic carbocycles. The summed E-state index contributed by atoms with van der Waals surface area (Å²) in [5.74, 6) is -0.498. The Morgan fingerprint density at radius 2 is 1.77 bits per heavy atom. The van der Waals surface area contributed by atoms with Crippen LogP contribution in [0.5, 0.6) is 5.75 Å². The Morgan fingerprint density at radius 3 is 2.48 bits per heavy atom. The fourth-order valence-corrected chi connectivity index (χ4v) is 4.05. The second-order valence-corrected chi connectivity index (χ2v) is 8.38. The number of aromatic nitrogens is 2. The monoisotopic (exact) mass is 442 g/mol. The van der Waals surface area contributed by atoms with Crippen molar-refractivity contribution >= 4 is 17.3 Å². The number of aliphatic carboxylic acids is 1. The average molecular weight is 443 g/mol. The lowest BCUT2D eigenvalue weighted by Gasteiger charge is -2.06. The molecule has 3 aromatic rings. The molecule has 0 saturated carbocycles. The van der Waals surface area contributed by atoms with Crippen molar-refractivity contribution in [3.05, 3.63) is 53.8 Å². The second-order valence-electron chi connectivity index (χ2n) is 7.41. The van der Waals surface area contributed by atoms with E-state index in [2.05, 4.69) is 17.1 Å². The molecule has 0 radical (unpaired) electrons. The summed E-state index contributed by atoms with van der Waals surface area (Å²) in [6.07, 6.45) is 6.28. The summed E-state index contributed by atoms with van der Waals surface area (Å²) in [5, 5.41) is 18.3. The van der Waals surface area contributed by atoms with E-state index in [1.807, 2.05) is 24.3 Å². The first-order valence-corrected chi connectivity index (χ1v) is 11.5. The van der Waals surface area contributed by atoms with Crippen molar-refractivity contribution in [3.8, 4) is 26.9 Å². The average Bonchev–Trinajstić information content (AvgIpc) is 3.25. The van der Waals surface area contributed by atoms with Crippen LogP contribution in [0, 0.1) is 5.82 Å². The Bertz CT molecular complexity index is 989. The molecule has 0 aliphatic heterocycles. The van der Waals surface area contributed by atoms with E-state index in [0.717, 1.165) is 17.7 Å². The van der Waals surface area contributed by atoms with Crippen LogP contribution < -0.4 is 4.74 Å². The largest absolute Gasteiger partial charge is 0.494 e. The summed E-state index contributed by atoms with van der Waals surface area (Å²) in [4.78, 5) is 10.7. The molecule has 0 saturated heterocycles. The zero-order chi connectivity index (χ0) is 22.1. The smallest absolute Gasteiger partial charge is 0.303 e. The van der Waals surface area contributed by atoms with Gasteiger partial charge >= 0.3 is 5.97 Å². The number of halogens is 1. The van der Waals surface area contributed by atoms with Gasteiger partial charge in [0.15, 0.2) is 5.01 Å². The molecule has 0 amide bonds. The quantitative estimate of drug-likeness (QED) is 0.330. The topological polar surface area (TPSA) is 72.3 Å². The lowest BCUT2D eigenvalue weighted by atomic mass is 10.1. The van der Waals surface area contributed by atoms with Gasteiger partial charge in [-0.05, 0) is 54.8 Å². The Kier molecular flexibility index (Phi) is 8.53. The normalized spacial score (nSPS) is 10.9. The van der Waals surface area contributed by atoms with Gasteiger partial charge in [-0.3, -0.25) is 4.79 Å². The number of carboxylic acids is 1. The van der Waals surface area contributed by atoms with Gasteiger partial charge in [-0.15, -0.1) is 10.2 Å². The number of ether oxygens (including phenoxy) is 1. The van der Waals surface area contributed by atoms with Gasteiger partial charge in [0, 0.05) is 17.5 Å². The molecule has 7 heteroatoms. The number of carbonyl (C=O) groups is 1. The summed E-state index contributed by atoms with van der Waals surface area (Å²) < 4.78 is 20.3. The second kappa shape index (κ2) is 11.6. The molecular weight excluding hydrogens is 415 g/mol. The first-order chi connectivity index (χ1) is 15.1. The van der Waals surface area contributed by atoms with Crippen molar-refractivity contribution in [2.75, 3.05) is 6.61 Å². The summed E-state index contributed by atoms with van der Waals surface area (Å²) >= 11 is 1.32. The number of benzene rings is 2. The van der Waals surface area contributed by atoms with Gasteiger partial charge in [0.05, 0.1) is 6.61 Å². The zero-order valence-corrected chi connectivity index (χ0v) is 18.5. The lowest BCUT2D eigenvalue weighted by molar-refractivity contribution is -0.136. The molecule has 0 fully saturated rings. The standard InChI is InChI=1S/C24H27FN2O3S/c1-2-3-4-5-6-15-30-19-11-9-18(10-12-19)23-26-27-24(31-23)20-13-7-17(16-21(20)25)8-14-22(28)29/h7,9-13,16H,2-6,8,14-15H2,1H3,(H,28,29). The van der Waals surface area contributed by atoms with Crippen LogP contribution in [0.25, 0.3) is 21.1 Å². The van der Waals surface area contributed by atoms with Gasteiger partial charge in [-0.1, -0.05) is 50.0 Å². The van der Waals surface area contributed by atoms with E-state index in [9.17, 15) is 9.18 Å². The molecular formula is C24H27FN2O3S. The van der Waals surface area contributed by atoms with E-state index in [1.54, 1.807) is 12.1 Å². The first kappa shape index (κ1) is 22.9. The summed E-state index contributed by atoms with van der Waals surface area (Å²) in [6, 6.07) is 12.4. The third kappa shape index (κ3) is 6.85. The minimum absolute atomic E-state index is 0.0275. The number of carboxylic acid groups (broad SMARTS) is 1. The number of unbranched alkanes of at least 4 members (excludes halogenated alkanes) is 4. The maximum absolute atomic E-state index is 14.5. The van der Waals surface area contributed by atoms with Gasteiger partial charge in [0.25, 0.3) is 0 Å². The van der Waals surface area contributed by atoms with Gasteiger partial charge in [0.1, 0.15) is 16.6 Å². The molecule has 0 aliphatic carbocycles. The highest BCUT2D eigenvalue weighted by atomic mass is 32.1. The minimum Gasteiger partial charge on any atom is -0.494 e. The van der Waals surface area contributed by atoms with Gasteiger partial charge < -0.3 is 9.84 Å². The van der Waals surface area contributed by atoms with Crippen molar-refractivity contribution < 1.29 is 19.0 Å². The van der Waals surface area contributed by atoms with Crippen LogP contribution >= 0.6 is 11.3 Å². The molecule has 1 aromatic heterocycles. The molecule has 31 heavy (non-hydrogen) atoms. The van der Waals surface area contributed by atoms with E-state index >= 15 is 0 Å². The number of hydrogen-bond donors (Lipinski definition) is 1. The Labute approximate surface area is 185 Å². The molecule has 0 aliphatic rings. The molecule has 1 N–H and O–H groups in total. The third-order valence-corrected chi connectivity index (χ3v) is 5.94. The van der Waals surface area contributed by atoms with Crippen LogP contribution in [0.3, 0.4) is 0 Å². The van der Waals surface area contributed by atoms with Gasteiger partial charge in [-0.25, -0.2) is 4.39 Å². The first-order valence-electron chi connectivity index (χ1n) is 10.6. The fourth-order valence-electron chi connectivity index (χ4n) is 3.18. The molecule has 0 spiro atoms. The van der Waals surface area contributed by atoms with E-state index in [4.69, 9.17) is 9.84 Å². The van der Waals surface area contributed by atoms with Crippen LogP contribution in [0.4, 0.5) is 4.39 Å². The van der Waals surface area contributed by atoms with Crippen molar-refractivity contribution in [2.24, 2.45) is 0 Å². The molecule has 164 valence electrons. The molecule has 0 unspecified atom stereocenters. The Balaban J connectivity index is 1.59. The number of hydrogen-bond acceptors (Lipinski definition) is 5. The highest BCUT2D eigenvalue weighted by Gasteiger charge is 2.13. The molecule has 3 rings (SSSR count). The predicted octanol–water partition coefficient (Wildman–Crippen LogP) is 6.38. The fraction of sp³-hybridized carbons (Fsp3) is 0.375. The SMILES string of the molecule is CCCCCCCOc1ccc(-c2nnc(-c3ccc(CCC(=O)O)cc3F)s2)cc1. The molecule has 0 bridgehead atoms. The highest BCUT2D eigenvalue weighted by Crippen LogP contribution is 2.32. The van der Waals surface area contributed by atoms with Crippen LogP contribution in [0.2, 0.25) is 0 Å². The molecule has 1 heterocycles. The minimum atomic E-state index is -0.901. The predicted molar refractivity (Wildman–Crippen MR) is 121 cm³/mol. The number of nitrogens with zero attached hydrogens (tertiary/aromatic N) is 2. The maximum atomic E-state index is 14.5. The number of rotatable bonds is 12. The maximum Gasteiger partial charge on any atom is 0.303 e. The van der Waals surface area contributed by atoms with Crippen molar-refractivity contribution in [1.29, 1.82) is 0 Å². The zero-order valence-electron chi connectivity index (χ0n) is 17.6. The van der Waals surface area contributed by atoms with Crippen molar-refractivity contribution in [1.82, 2.24) is 10.2 Å². The van der Waals surface area contributed by atoms with Crippen LogP contribution in [-0.4, -0.2) is 27.9 Å². The van der Waals surface area contributed by atoms with Crippen molar-refractivity contribution in [3.63, 3.8) is 0 Å². The Hall–Kier alpha value is -2.80. The summed E-state index contributed by atoms with van der Waals surface area (Å²) in [5.41, 5.74) is 1.91. The molecule has 0 atom stereocenters. The van der Waals surface area contributed by atoms with Crippen molar-refractivity contribution in [2.45, 2.75) is 51.9 Å².